The first-order valence-corrected chi connectivity index (χ1v) is 7.00. The molecular formula is C16H13ClFN3O2. The molecular weight excluding hydrogens is 321 g/mol. The number of nitrogens with zero attached hydrogens (tertiary/aromatic N) is 1. The first-order valence-electron chi connectivity index (χ1n) is 6.62. The van der Waals surface area contributed by atoms with E-state index in [-0.39, 0.29) is 5.56 Å². The van der Waals surface area contributed by atoms with Crippen LogP contribution in [-0.2, 0) is 9.59 Å². The predicted molar refractivity (Wildman–Crippen MR) is 87.0 cm³/mol. The van der Waals surface area contributed by atoms with E-state index in [1.165, 1.54) is 18.2 Å². The molecule has 118 valence electrons. The summed E-state index contributed by atoms with van der Waals surface area (Å²) in [6, 6.07) is 10.8. The number of aryl methyl sites for hydroxylation is 1. The molecule has 23 heavy (non-hydrogen) atoms. The van der Waals surface area contributed by atoms with Gasteiger partial charge in [0.1, 0.15) is 5.82 Å². The second kappa shape index (κ2) is 7.51. The van der Waals surface area contributed by atoms with Crippen LogP contribution in [-0.4, -0.2) is 18.0 Å². The molecule has 0 saturated heterocycles. The minimum atomic E-state index is -0.966. The van der Waals surface area contributed by atoms with Gasteiger partial charge in [0.05, 0.1) is 6.21 Å². The molecule has 0 aliphatic heterocycles. The van der Waals surface area contributed by atoms with Crippen molar-refractivity contribution in [3.63, 3.8) is 0 Å². The molecule has 0 aliphatic carbocycles. The first kappa shape index (κ1) is 16.6. The molecule has 2 rings (SSSR count). The van der Waals surface area contributed by atoms with Gasteiger partial charge in [-0.2, -0.15) is 5.10 Å². The van der Waals surface area contributed by atoms with Gasteiger partial charge in [-0.05, 0) is 36.8 Å². The lowest BCUT2D eigenvalue weighted by Gasteiger charge is -2.07. The fourth-order valence-corrected chi connectivity index (χ4v) is 1.96. The lowest BCUT2D eigenvalue weighted by Crippen LogP contribution is -2.32. The number of anilines is 1. The van der Waals surface area contributed by atoms with Crippen LogP contribution in [0.2, 0.25) is 5.02 Å². The maximum absolute atomic E-state index is 13.3. The van der Waals surface area contributed by atoms with Crippen LogP contribution in [0.25, 0.3) is 0 Å². The van der Waals surface area contributed by atoms with Crippen molar-refractivity contribution in [1.82, 2.24) is 5.43 Å². The normalized spacial score (nSPS) is 10.6. The van der Waals surface area contributed by atoms with Crippen LogP contribution in [0.15, 0.2) is 47.6 Å². The van der Waals surface area contributed by atoms with Crippen molar-refractivity contribution in [1.29, 1.82) is 0 Å². The molecule has 2 amide bonds. The van der Waals surface area contributed by atoms with Gasteiger partial charge in [-0.15, -0.1) is 0 Å². The summed E-state index contributed by atoms with van der Waals surface area (Å²) in [7, 11) is 0. The Labute approximate surface area is 137 Å². The number of hydrazone groups is 1. The molecule has 2 aromatic rings. The molecule has 0 radical (unpaired) electrons. The predicted octanol–water partition coefficient (Wildman–Crippen LogP) is 2.88. The number of carbonyl (C=O) groups is 2. The Hall–Kier alpha value is -2.73. The molecule has 0 bridgehead atoms. The number of benzene rings is 2. The summed E-state index contributed by atoms with van der Waals surface area (Å²) in [5.74, 6) is -2.33. The quantitative estimate of drug-likeness (QED) is 0.515. The van der Waals surface area contributed by atoms with Gasteiger partial charge >= 0.3 is 11.8 Å². The van der Waals surface area contributed by atoms with Crippen LogP contribution in [0, 0.1) is 12.7 Å². The molecule has 0 spiro atoms. The zero-order valence-electron chi connectivity index (χ0n) is 12.1. The molecule has 0 saturated carbocycles. The third-order valence-corrected chi connectivity index (χ3v) is 3.15. The number of nitrogens with one attached hydrogen (secondary N) is 2. The highest BCUT2D eigenvalue weighted by Crippen LogP contribution is 2.19. The number of rotatable bonds is 3. The molecule has 2 aromatic carbocycles. The highest BCUT2D eigenvalue weighted by molar-refractivity contribution is 6.39. The lowest BCUT2D eigenvalue weighted by molar-refractivity contribution is -0.136. The summed E-state index contributed by atoms with van der Waals surface area (Å²) in [6.07, 6.45) is 1.12. The van der Waals surface area contributed by atoms with E-state index in [0.717, 1.165) is 6.21 Å². The van der Waals surface area contributed by atoms with Crippen molar-refractivity contribution in [2.45, 2.75) is 6.92 Å². The zero-order chi connectivity index (χ0) is 16.8. The third-order valence-electron chi connectivity index (χ3n) is 2.92. The van der Waals surface area contributed by atoms with Gasteiger partial charge in [0.15, 0.2) is 0 Å². The molecule has 0 aromatic heterocycles. The second-order valence-corrected chi connectivity index (χ2v) is 5.07. The first-order chi connectivity index (χ1) is 11.0. The average Bonchev–Trinajstić information content (AvgIpc) is 2.51. The number of hydrogen-bond donors (Lipinski definition) is 2. The monoisotopic (exact) mass is 333 g/mol. The lowest BCUT2D eigenvalue weighted by atomic mass is 10.2. The summed E-state index contributed by atoms with van der Waals surface area (Å²) in [5, 5.41) is 6.52. The largest absolute Gasteiger partial charge is 0.329 e. The summed E-state index contributed by atoms with van der Waals surface area (Å²) in [5.41, 5.74) is 3.41. The van der Waals surface area contributed by atoms with E-state index in [9.17, 15) is 14.0 Å². The number of hydrogen-bond acceptors (Lipinski definition) is 3. The Morgan fingerprint density at radius 3 is 2.61 bits per heavy atom. The molecule has 5 nitrogen and oxygen atoms in total. The van der Waals surface area contributed by atoms with Crippen molar-refractivity contribution >= 4 is 35.3 Å². The standard InChI is InChI=1S/C16H13ClFN3O2/c1-10-8-12(17)6-7-14(10)20-15(22)16(23)21-19-9-11-4-2-3-5-13(11)18/h2-9H,1H3,(H,20,22)(H,21,23)/b19-9-. The summed E-state index contributed by atoms with van der Waals surface area (Å²) >= 11 is 5.81. The summed E-state index contributed by atoms with van der Waals surface area (Å²) < 4.78 is 13.3. The van der Waals surface area contributed by atoms with E-state index in [4.69, 9.17) is 11.6 Å². The Bertz CT molecular complexity index is 778. The van der Waals surface area contributed by atoms with Gasteiger partial charge in [-0.1, -0.05) is 29.8 Å². The average molecular weight is 334 g/mol. The minimum Gasteiger partial charge on any atom is -0.317 e. The fraction of sp³-hybridized carbons (Fsp3) is 0.0625. The van der Waals surface area contributed by atoms with E-state index < -0.39 is 17.6 Å². The van der Waals surface area contributed by atoms with Crippen molar-refractivity contribution in [2.75, 3.05) is 5.32 Å². The van der Waals surface area contributed by atoms with Crippen LogP contribution in [0.4, 0.5) is 10.1 Å². The fourth-order valence-electron chi connectivity index (χ4n) is 1.74. The van der Waals surface area contributed by atoms with Crippen LogP contribution < -0.4 is 10.7 Å². The van der Waals surface area contributed by atoms with Crippen LogP contribution in [0.1, 0.15) is 11.1 Å². The SMILES string of the molecule is Cc1cc(Cl)ccc1NC(=O)C(=O)N/N=C\c1ccccc1F. The highest BCUT2D eigenvalue weighted by atomic mass is 35.5. The molecule has 0 atom stereocenters. The van der Waals surface area contributed by atoms with Crippen LogP contribution in [0.3, 0.4) is 0 Å². The maximum atomic E-state index is 13.3. The van der Waals surface area contributed by atoms with E-state index in [1.807, 2.05) is 5.43 Å². The topological polar surface area (TPSA) is 70.6 Å². The van der Waals surface area contributed by atoms with E-state index in [0.29, 0.717) is 16.3 Å². The Kier molecular flexibility index (Phi) is 5.43. The van der Waals surface area contributed by atoms with Crippen molar-refractivity contribution in [3.05, 3.63) is 64.4 Å². The van der Waals surface area contributed by atoms with Crippen molar-refractivity contribution in [3.8, 4) is 0 Å². The van der Waals surface area contributed by atoms with Gasteiger partial charge in [0.2, 0.25) is 0 Å². The Balaban J connectivity index is 1.95. The third kappa shape index (κ3) is 4.62. The summed E-state index contributed by atoms with van der Waals surface area (Å²) in [4.78, 5) is 23.4. The van der Waals surface area contributed by atoms with Gasteiger partial charge in [0.25, 0.3) is 0 Å². The molecule has 2 N–H and O–H groups in total. The summed E-state index contributed by atoms with van der Waals surface area (Å²) in [6.45, 7) is 1.75. The van der Waals surface area contributed by atoms with Crippen molar-refractivity contribution in [2.24, 2.45) is 5.10 Å². The zero-order valence-corrected chi connectivity index (χ0v) is 12.9. The molecule has 0 fully saturated rings. The van der Waals surface area contributed by atoms with Crippen LogP contribution >= 0.6 is 11.6 Å². The molecule has 0 aliphatic rings. The van der Waals surface area contributed by atoms with E-state index in [1.54, 1.807) is 31.2 Å². The Morgan fingerprint density at radius 1 is 1.17 bits per heavy atom. The molecule has 0 heterocycles. The molecule has 0 unspecified atom stereocenters. The smallest absolute Gasteiger partial charge is 0.317 e. The van der Waals surface area contributed by atoms with Gasteiger partial charge in [-0.25, -0.2) is 9.82 Å². The van der Waals surface area contributed by atoms with Gasteiger partial charge in [-0.3, -0.25) is 9.59 Å². The van der Waals surface area contributed by atoms with Crippen molar-refractivity contribution < 1.29 is 14.0 Å². The number of halogens is 2. The maximum Gasteiger partial charge on any atom is 0.329 e. The van der Waals surface area contributed by atoms with E-state index in [2.05, 4.69) is 10.4 Å². The van der Waals surface area contributed by atoms with E-state index >= 15 is 0 Å². The Morgan fingerprint density at radius 2 is 1.91 bits per heavy atom. The van der Waals surface area contributed by atoms with Gasteiger partial charge in [0, 0.05) is 16.3 Å². The second-order valence-electron chi connectivity index (χ2n) is 4.63. The molecule has 7 heteroatoms. The highest BCUT2D eigenvalue weighted by Gasteiger charge is 2.14. The number of carbonyl (C=O) groups excluding carboxylic acids is 2. The van der Waals surface area contributed by atoms with Gasteiger partial charge < -0.3 is 5.32 Å². The minimum absolute atomic E-state index is 0.196. The van der Waals surface area contributed by atoms with Crippen LogP contribution in [0.5, 0.6) is 0 Å². The number of amides is 2.